The number of hydrogen-bond acceptors (Lipinski definition) is 6. The zero-order chi connectivity index (χ0) is 44.2. The lowest BCUT2D eigenvalue weighted by Gasteiger charge is -2.31. The molecule has 0 aliphatic rings. The zero-order valence-electron chi connectivity index (χ0n) is 38.1. The minimum absolute atomic E-state index is 0.0207. The van der Waals surface area contributed by atoms with E-state index in [1.54, 1.807) is 0 Å². The predicted octanol–water partition coefficient (Wildman–Crippen LogP) is 12.6. The second-order valence-electron chi connectivity index (χ2n) is 15.5. The van der Waals surface area contributed by atoms with Gasteiger partial charge in [0.2, 0.25) is 0 Å². The van der Waals surface area contributed by atoms with Crippen LogP contribution >= 0.6 is 0 Å². The summed E-state index contributed by atoms with van der Waals surface area (Å²) < 4.78 is 17.2. The molecule has 0 aliphatic heterocycles. The molecule has 60 heavy (non-hydrogen) atoms. The van der Waals surface area contributed by atoms with Crippen molar-refractivity contribution >= 4 is 17.9 Å². The van der Waals surface area contributed by atoms with Gasteiger partial charge >= 0.3 is 17.9 Å². The van der Waals surface area contributed by atoms with E-state index < -0.39 is 18.1 Å². The molecule has 0 radical (unpaired) electrons. The monoisotopic (exact) mass is 833 g/mol. The van der Waals surface area contributed by atoms with Gasteiger partial charge in [-0.25, -0.2) is 4.79 Å². The van der Waals surface area contributed by atoms with Crippen LogP contribution in [0.15, 0.2) is 122 Å². The Labute approximate surface area is 365 Å². The zero-order valence-corrected chi connectivity index (χ0v) is 38.1. The molecule has 0 aromatic carbocycles. The van der Waals surface area contributed by atoms with Crippen molar-refractivity contribution in [3.8, 4) is 0 Å². The van der Waals surface area contributed by atoms with Crippen LogP contribution in [0.1, 0.15) is 136 Å². The highest BCUT2D eigenvalue weighted by molar-refractivity contribution is 5.72. The summed E-state index contributed by atoms with van der Waals surface area (Å²) in [6.45, 7) is 4.38. The number of carbonyl (C=O) groups is 3. The summed E-state index contributed by atoms with van der Waals surface area (Å²) in [4.78, 5) is 37.0. The van der Waals surface area contributed by atoms with E-state index in [1.165, 1.54) is 0 Å². The molecule has 2 unspecified atom stereocenters. The Bertz CT molecular complexity index is 1390. The summed E-state index contributed by atoms with van der Waals surface area (Å²) in [5.74, 6) is -1.61. The van der Waals surface area contributed by atoms with Crippen LogP contribution in [-0.2, 0) is 28.6 Å². The van der Waals surface area contributed by atoms with Crippen LogP contribution < -0.4 is 0 Å². The first-order valence-corrected chi connectivity index (χ1v) is 22.6. The second-order valence-corrected chi connectivity index (χ2v) is 15.5. The SMILES string of the molecule is CC/C=C/C/C=C/C/C=C/C/C=C/C/C=C/C/C=C/CCCC(=O)OCC(COCCC(C(=O)O)[N+](C)(C)C)OC(=O)CCCCC/C=C/C/C=C/C/C=C/C/C=C/CC. The van der Waals surface area contributed by atoms with Gasteiger partial charge in [-0.15, -0.1) is 0 Å². The van der Waals surface area contributed by atoms with E-state index >= 15 is 0 Å². The average molecular weight is 833 g/mol. The van der Waals surface area contributed by atoms with Crippen molar-refractivity contribution in [3.63, 3.8) is 0 Å². The standard InChI is InChI=1S/C52H81NO7/c1-6-8-10-12-14-16-18-20-22-24-25-26-27-29-30-32-34-36-38-40-42-50(54)59-47-48(46-58-45-44-49(52(56)57)53(3,4)5)60-51(55)43-41-39-37-35-33-31-28-23-21-19-17-15-13-11-9-7-2/h8-11,14-17,20-23,25-26,29-31,33-34,36,48-49H,6-7,12-13,18-19,24,27-28,32,35,37-47H2,1-5H3/p+1/b10-8+,11-9+,16-14+,17-15+,22-20+,23-21+,26-25+,30-29+,33-31+,36-34+. The first-order valence-electron chi connectivity index (χ1n) is 22.6. The molecule has 0 saturated carbocycles. The fourth-order valence-corrected chi connectivity index (χ4v) is 5.68. The number of unbranched alkanes of at least 4 members (excludes halogenated alkanes) is 4. The minimum Gasteiger partial charge on any atom is -0.477 e. The second kappa shape index (κ2) is 41.5. The van der Waals surface area contributed by atoms with Gasteiger partial charge in [0.25, 0.3) is 0 Å². The van der Waals surface area contributed by atoms with Crippen LogP contribution in [0, 0.1) is 0 Å². The molecule has 1 N–H and O–H groups in total. The number of hydrogen-bond donors (Lipinski definition) is 1. The Hall–Kier alpha value is -4.27. The molecule has 2 atom stereocenters. The first kappa shape index (κ1) is 55.7. The fraction of sp³-hybridized carbons (Fsp3) is 0.558. The van der Waals surface area contributed by atoms with Gasteiger partial charge in [0.1, 0.15) is 6.61 Å². The molecule has 0 bridgehead atoms. The molecule has 0 fully saturated rings. The van der Waals surface area contributed by atoms with Crippen molar-refractivity contribution in [2.75, 3.05) is 41.0 Å². The van der Waals surface area contributed by atoms with Gasteiger partial charge in [0.15, 0.2) is 12.1 Å². The molecule has 0 saturated heterocycles. The quantitative estimate of drug-likeness (QED) is 0.0286. The minimum atomic E-state index is -0.894. The van der Waals surface area contributed by atoms with E-state index in [-0.39, 0.29) is 49.1 Å². The summed E-state index contributed by atoms with van der Waals surface area (Å²) in [5, 5.41) is 9.63. The topological polar surface area (TPSA) is 99.1 Å². The van der Waals surface area contributed by atoms with Gasteiger partial charge in [0.05, 0.1) is 34.4 Å². The molecular weight excluding hydrogens is 751 g/mol. The average Bonchev–Trinajstić information content (AvgIpc) is 3.21. The van der Waals surface area contributed by atoms with Crippen LogP contribution in [0.4, 0.5) is 0 Å². The summed E-state index contributed by atoms with van der Waals surface area (Å²) >= 11 is 0. The number of ether oxygens (including phenoxy) is 3. The molecule has 8 nitrogen and oxygen atoms in total. The maximum atomic E-state index is 12.7. The number of likely N-dealkylation sites (N-methyl/N-ethyl adjacent to an activating group) is 1. The Morgan fingerprint density at radius 2 is 0.900 bits per heavy atom. The van der Waals surface area contributed by atoms with Gasteiger partial charge in [-0.05, 0) is 96.3 Å². The van der Waals surface area contributed by atoms with E-state index in [4.69, 9.17) is 14.2 Å². The van der Waals surface area contributed by atoms with E-state index in [1.807, 2.05) is 21.1 Å². The van der Waals surface area contributed by atoms with Gasteiger partial charge in [-0.1, -0.05) is 142 Å². The smallest absolute Gasteiger partial charge is 0.362 e. The van der Waals surface area contributed by atoms with Gasteiger partial charge in [-0.3, -0.25) is 9.59 Å². The number of aliphatic carboxylic acids is 1. The van der Waals surface area contributed by atoms with Gasteiger partial charge in [0, 0.05) is 19.3 Å². The third kappa shape index (κ3) is 39.2. The van der Waals surface area contributed by atoms with E-state index in [2.05, 4.69) is 135 Å². The van der Waals surface area contributed by atoms with Crippen molar-refractivity contribution in [1.82, 2.24) is 0 Å². The van der Waals surface area contributed by atoms with Gasteiger partial charge in [-0.2, -0.15) is 0 Å². The Balaban J connectivity index is 4.52. The van der Waals surface area contributed by atoms with E-state index in [0.717, 1.165) is 89.9 Å². The van der Waals surface area contributed by atoms with Crippen molar-refractivity contribution in [2.45, 2.75) is 148 Å². The van der Waals surface area contributed by atoms with Crippen LogP contribution in [0.5, 0.6) is 0 Å². The maximum Gasteiger partial charge on any atom is 0.362 e. The summed E-state index contributed by atoms with van der Waals surface area (Å²) in [6, 6.07) is -0.637. The van der Waals surface area contributed by atoms with Crippen molar-refractivity contribution in [2.24, 2.45) is 0 Å². The summed E-state index contributed by atoms with van der Waals surface area (Å²) in [6.07, 6.45) is 58.2. The predicted molar refractivity (Wildman–Crippen MR) is 252 cm³/mol. The first-order chi connectivity index (χ1) is 29.1. The number of quaternary nitrogens is 1. The highest BCUT2D eigenvalue weighted by Crippen LogP contribution is 2.11. The molecule has 0 rings (SSSR count). The molecular formula is C52H82NO7+. The molecule has 8 heteroatoms. The van der Waals surface area contributed by atoms with E-state index in [9.17, 15) is 19.5 Å². The third-order valence-electron chi connectivity index (χ3n) is 9.11. The lowest BCUT2D eigenvalue weighted by Crippen LogP contribution is -2.50. The lowest BCUT2D eigenvalue weighted by atomic mass is 10.1. The van der Waals surface area contributed by atoms with Crippen molar-refractivity contribution in [1.29, 1.82) is 0 Å². The number of carboxylic acids is 1. The number of esters is 2. The van der Waals surface area contributed by atoms with Crippen LogP contribution in [0.2, 0.25) is 0 Å². The largest absolute Gasteiger partial charge is 0.477 e. The summed E-state index contributed by atoms with van der Waals surface area (Å²) in [7, 11) is 5.48. The molecule has 0 aliphatic carbocycles. The molecule has 0 heterocycles. The number of allylic oxidation sites excluding steroid dienone is 20. The number of nitrogens with zero attached hydrogens (tertiary/aromatic N) is 1. The van der Waals surface area contributed by atoms with Crippen LogP contribution in [0.3, 0.4) is 0 Å². The Kier molecular flexibility index (Phi) is 38.5. The molecule has 0 spiro atoms. The summed E-state index contributed by atoms with van der Waals surface area (Å²) in [5.41, 5.74) is 0. The molecule has 0 aromatic heterocycles. The molecule has 0 aromatic rings. The third-order valence-corrected chi connectivity index (χ3v) is 9.11. The number of rotatable bonds is 38. The Morgan fingerprint density at radius 3 is 1.32 bits per heavy atom. The molecule has 336 valence electrons. The van der Waals surface area contributed by atoms with Crippen LogP contribution in [-0.4, -0.2) is 80.6 Å². The number of carbonyl (C=O) groups excluding carboxylic acids is 2. The number of carboxylic acid groups (broad SMARTS) is 1. The van der Waals surface area contributed by atoms with E-state index in [0.29, 0.717) is 19.3 Å². The lowest BCUT2D eigenvalue weighted by molar-refractivity contribution is -0.887. The molecule has 0 amide bonds. The van der Waals surface area contributed by atoms with Crippen molar-refractivity contribution in [3.05, 3.63) is 122 Å². The Morgan fingerprint density at radius 1 is 0.500 bits per heavy atom. The van der Waals surface area contributed by atoms with Gasteiger partial charge < -0.3 is 23.8 Å². The highest BCUT2D eigenvalue weighted by atomic mass is 16.6. The maximum absolute atomic E-state index is 12.7. The normalized spacial score (nSPS) is 14.1. The van der Waals surface area contributed by atoms with Crippen LogP contribution in [0.25, 0.3) is 0 Å². The van der Waals surface area contributed by atoms with Crippen molar-refractivity contribution < 1.29 is 38.2 Å². The highest BCUT2D eigenvalue weighted by Gasteiger charge is 2.31. The fourth-order valence-electron chi connectivity index (χ4n) is 5.68.